The summed E-state index contributed by atoms with van der Waals surface area (Å²) in [5.41, 5.74) is 5.90. The van der Waals surface area contributed by atoms with Crippen LogP contribution in [0, 0.1) is 5.82 Å². The van der Waals surface area contributed by atoms with E-state index in [0.717, 1.165) is 6.07 Å². The lowest BCUT2D eigenvalue weighted by Gasteiger charge is -2.37. The van der Waals surface area contributed by atoms with E-state index in [9.17, 15) is 14.0 Å². The van der Waals surface area contributed by atoms with Crippen LogP contribution in [0.5, 0.6) is 0 Å². The fraction of sp³-hybridized carbons (Fsp3) is 0.429. The molecule has 1 atom stereocenters. The standard InChI is InChI=1S/C14H19FN4O2/c1-2-18-14(21)12-8-17-5-6-19(12)11-4-3-9(15)7-10(11)13(16)20/h3-4,7,12,17H,2,5-6,8H2,1H3,(H2,16,20)(H,18,21). The average molecular weight is 294 g/mol. The smallest absolute Gasteiger partial charge is 0.250 e. The zero-order valence-corrected chi connectivity index (χ0v) is 11.9. The highest BCUT2D eigenvalue weighted by atomic mass is 19.1. The van der Waals surface area contributed by atoms with Gasteiger partial charge in [-0.1, -0.05) is 0 Å². The van der Waals surface area contributed by atoms with Gasteiger partial charge in [-0.25, -0.2) is 4.39 Å². The second-order valence-corrected chi connectivity index (χ2v) is 4.83. The number of carbonyl (C=O) groups is 2. The fourth-order valence-electron chi connectivity index (χ4n) is 2.48. The number of anilines is 1. The third-order valence-electron chi connectivity index (χ3n) is 3.43. The number of nitrogens with two attached hydrogens (primary N) is 1. The summed E-state index contributed by atoms with van der Waals surface area (Å²) < 4.78 is 13.3. The average Bonchev–Trinajstić information content (AvgIpc) is 2.47. The van der Waals surface area contributed by atoms with Gasteiger partial charge in [0.2, 0.25) is 5.91 Å². The molecule has 114 valence electrons. The molecule has 7 heteroatoms. The first-order chi connectivity index (χ1) is 10.0. The zero-order chi connectivity index (χ0) is 15.4. The number of halogens is 1. The van der Waals surface area contributed by atoms with E-state index in [1.807, 2.05) is 6.92 Å². The Morgan fingerprint density at radius 3 is 2.95 bits per heavy atom. The number of likely N-dealkylation sites (N-methyl/N-ethyl adjacent to an activating group) is 1. The highest BCUT2D eigenvalue weighted by Gasteiger charge is 2.30. The van der Waals surface area contributed by atoms with Crippen LogP contribution in [0.1, 0.15) is 17.3 Å². The highest BCUT2D eigenvalue weighted by molar-refractivity contribution is 5.99. The van der Waals surface area contributed by atoms with Gasteiger partial charge in [0.1, 0.15) is 11.9 Å². The maximum absolute atomic E-state index is 13.3. The van der Waals surface area contributed by atoms with E-state index in [4.69, 9.17) is 5.73 Å². The molecule has 4 N–H and O–H groups in total. The molecule has 0 radical (unpaired) electrons. The minimum absolute atomic E-state index is 0.0891. The van der Waals surface area contributed by atoms with Gasteiger partial charge in [0, 0.05) is 26.2 Å². The molecule has 0 saturated carbocycles. The molecule has 1 aromatic carbocycles. The number of carbonyl (C=O) groups excluding carboxylic acids is 2. The Morgan fingerprint density at radius 1 is 1.52 bits per heavy atom. The van der Waals surface area contributed by atoms with Gasteiger partial charge in [0.15, 0.2) is 0 Å². The SMILES string of the molecule is CCNC(=O)C1CNCCN1c1ccc(F)cc1C(N)=O. The molecule has 0 spiro atoms. The van der Waals surface area contributed by atoms with Crippen LogP contribution < -0.4 is 21.3 Å². The number of nitrogens with one attached hydrogen (secondary N) is 2. The topological polar surface area (TPSA) is 87.5 Å². The normalized spacial score (nSPS) is 18.4. The second-order valence-electron chi connectivity index (χ2n) is 4.83. The van der Waals surface area contributed by atoms with Crippen molar-refractivity contribution in [2.75, 3.05) is 31.1 Å². The molecule has 2 rings (SSSR count). The molecule has 0 bridgehead atoms. The molecule has 21 heavy (non-hydrogen) atoms. The van der Waals surface area contributed by atoms with Crippen LogP contribution in [-0.4, -0.2) is 44.0 Å². The summed E-state index contributed by atoms with van der Waals surface area (Å²) in [6, 6.07) is 3.40. The van der Waals surface area contributed by atoms with Gasteiger partial charge in [-0.2, -0.15) is 0 Å². The number of benzene rings is 1. The van der Waals surface area contributed by atoms with Gasteiger partial charge in [-0.05, 0) is 25.1 Å². The largest absolute Gasteiger partial charge is 0.366 e. The fourth-order valence-corrected chi connectivity index (χ4v) is 2.48. The van der Waals surface area contributed by atoms with Gasteiger partial charge < -0.3 is 21.3 Å². The Labute approximate surface area is 122 Å². The molecular formula is C14H19FN4O2. The maximum atomic E-state index is 13.3. The molecule has 1 fully saturated rings. The highest BCUT2D eigenvalue weighted by Crippen LogP contribution is 2.24. The quantitative estimate of drug-likeness (QED) is 0.720. The van der Waals surface area contributed by atoms with E-state index in [1.54, 1.807) is 4.90 Å². The molecule has 6 nitrogen and oxygen atoms in total. The second kappa shape index (κ2) is 6.53. The molecule has 0 aliphatic carbocycles. The third-order valence-corrected chi connectivity index (χ3v) is 3.43. The minimum Gasteiger partial charge on any atom is -0.366 e. The Hall–Kier alpha value is -2.15. The summed E-state index contributed by atoms with van der Waals surface area (Å²) >= 11 is 0. The number of piperazine rings is 1. The third kappa shape index (κ3) is 3.30. The molecule has 1 heterocycles. The Morgan fingerprint density at radius 2 is 2.29 bits per heavy atom. The zero-order valence-electron chi connectivity index (χ0n) is 11.9. The van der Waals surface area contributed by atoms with Crippen LogP contribution in [0.2, 0.25) is 0 Å². The van der Waals surface area contributed by atoms with Crippen molar-refractivity contribution in [1.82, 2.24) is 10.6 Å². The number of rotatable bonds is 4. The lowest BCUT2D eigenvalue weighted by atomic mass is 10.1. The lowest BCUT2D eigenvalue weighted by molar-refractivity contribution is -0.122. The summed E-state index contributed by atoms with van der Waals surface area (Å²) in [6.45, 7) is 4.03. The Kier molecular flexibility index (Phi) is 4.74. The summed E-state index contributed by atoms with van der Waals surface area (Å²) in [5.74, 6) is -1.38. The maximum Gasteiger partial charge on any atom is 0.250 e. The Bertz CT molecular complexity index is 550. The van der Waals surface area contributed by atoms with Gasteiger partial charge >= 0.3 is 0 Å². The molecule has 1 aromatic rings. The molecule has 2 amide bonds. The number of primary amides is 1. The summed E-state index contributed by atoms with van der Waals surface area (Å²) in [4.78, 5) is 25.5. The molecule has 0 aromatic heterocycles. The number of hydrogen-bond donors (Lipinski definition) is 3. The van der Waals surface area contributed by atoms with E-state index in [2.05, 4.69) is 10.6 Å². The van der Waals surface area contributed by atoms with Crippen LogP contribution in [0.25, 0.3) is 0 Å². The van der Waals surface area contributed by atoms with Gasteiger partial charge in [-0.15, -0.1) is 0 Å². The molecule has 1 saturated heterocycles. The van der Waals surface area contributed by atoms with Crippen molar-refractivity contribution >= 4 is 17.5 Å². The van der Waals surface area contributed by atoms with E-state index < -0.39 is 17.8 Å². The predicted molar refractivity (Wildman–Crippen MR) is 77.6 cm³/mol. The molecule has 1 unspecified atom stereocenters. The van der Waals surface area contributed by atoms with Gasteiger partial charge in [0.25, 0.3) is 5.91 Å². The molecular weight excluding hydrogens is 275 g/mol. The van der Waals surface area contributed by atoms with Crippen molar-refractivity contribution in [3.63, 3.8) is 0 Å². The van der Waals surface area contributed by atoms with Crippen molar-refractivity contribution in [3.05, 3.63) is 29.6 Å². The summed E-state index contributed by atoms with van der Waals surface area (Å²) in [5, 5.41) is 5.91. The molecule has 1 aliphatic rings. The van der Waals surface area contributed by atoms with E-state index >= 15 is 0 Å². The van der Waals surface area contributed by atoms with Gasteiger partial charge in [0.05, 0.1) is 11.3 Å². The van der Waals surface area contributed by atoms with Crippen molar-refractivity contribution in [2.45, 2.75) is 13.0 Å². The number of hydrogen-bond acceptors (Lipinski definition) is 4. The van der Waals surface area contributed by atoms with Crippen LogP contribution >= 0.6 is 0 Å². The number of amides is 2. The minimum atomic E-state index is -0.710. The van der Waals surface area contributed by atoms with Crippen molar-refractivity contribution in [3.8, 4) is 0 Å². The predicted octanol–water partition coefficient (Wildman–Crippen LogP) is -0.161. The van der Waals surface area contributed by atoms with Crippen LogP contribution in [0.4, 0.5) is 10.1 Å². The van der Waals surface area contributed by atoms with E-state index in [-0.39, 0.29) is 11.5 Å². The first kappa shape index (κ1) is 15.2. The van der Waals surface area contributed by atoms with Gasteiger partial charge in [-0.3, -0.25) is 9.59 Å². The van der Waals surface area contributed by atoms with E-state index in [1.165, 1.54) is 12.1 Å². The van der Waals surface area contributed by atoms with E-state index in [0.29, 0.717) is 31.9 Å². The van der Waals surface area contributed by atoms with Crippen LogP contribution in [0.3, 0.4) is 0 Å². The first-order valence-electron chi connectivity index (χ1n) is 6.89. The van der Waals surface area contributed by atoms with Crippen LogP contribution in [-0.2, 0) is 4.79 Å². The molecule has 1 aliphatic heterocycles. The van der Waals surface area contributed by atoms with Crippen molar-refractivity contribution in [2.24, 2.45) is 5.73 Å². The number of nitrogens with zero attached hydrogens (tertiary/aromatic N) is 1. The lowest BCUT2D eigenvalue weighted by Crippen LogP contribution is -2.58. The summed E-state index contributed by atoms with van der Waals surface area (Å²) in [7, 11) is 0. The van der Waals surface area contributed by atoms with Crippen LogP contribution in [0.15, 0.2) is 18.2 Å². The van der Waals surface area contributed by atoms with Crippen molar-refractivity contribution in [1.29, 1.82) is 0 Å². The Balaban J connectivity index is 2.37. The monoisotopic (exact) mass is 294 g/mol. The summed E-state index contributed by atoms with van der Waals surface area (Å²) in [6.07, 6.45) is 0. The van der Waals surface area contributed by atoms with Crippen molar-refractivity contribution < 1.29 is 14.0 Å². The first-order valence-corrected chi connectivity index (χ1v) is 6.89.